The molecule has 0 heterocycles. The predicted molar refractivity (Wildman–Crippen MR) is 84.9 cm³/mol. The minimum Gasteiger partial charge on any atom is -0.482 e. The molecule has 0 radical (unpaired) electrons. The first kappa shape index (κ1) is 17.0. The normalized spacial score (nSPS) is 11.2. The molecule has 1 aromatic rings. The summed E-state index contributed by atoms with van der Waals surface area (Å²) in [6, 6.07) is 5.78. The fraction of sp³-hybridized carbons (Fsp3) is 0.533. The molecule has 1 rings (SSSR count). The van der Waals surface area contributed by atoms with E-state index in [1.807, 2.05) is 39.0 Å². The molecule has 0 aliphatic heterocycles. The third-order valence-corrected chi connectivity index (χ3v) is 3.80. The Morgan fingerprint density at radius 2 is 2.15 bits per heavy atom. The van der Waals surface area contributed by atoms with Gasteiger partial charge in [-0.25, -0.2) is 0 Å². The summed E-state index contributed by atoms with van der Waals surface area (Å²) in [5.74, 6) is 0.578. The fourth-order valence-electron chi connectivity index (χ4n) is 1.71. The summed E-state index contributed by atoms with van der Waals surface area (Å²) in [5.41, 5.74) is 6.38. The highest BCUT2D eigenvalue weighted by Gasteiger charge is 2.18. The van der Waals surface area contributed by atoms with Gasteiger partial charge in [0.05, 0.1) is 4.47 Å². The second-order valence-corrected chi connectivity index (χ2v) is 6.20. The van der Waals surface area contributed by atoms with Crippen molar-refractivity contribution in [2.45, 2.75) is 39.2 Å². The van der Waals surface area contributed by atoms with Crippen molar-refractivity contribution in [3.05, 3.63) is 28.2 Å². The molecule has 0 unspecified atom stereocenters. The highest BCUT2D eigenvalue weighted by atomic mass is 79.9. The van der Waals surface area contributed by atoms with Crippen LogP contribution in [0.4, 0.5) is 0 Å². The van der Waals surface area contributed by atoms with E-state index >= 15 is 0 Å². The second-order valence-electron chi connectivity index (χ2n) is 5.34. The van der Waals surface area contributed by atoms with E-state index in [9.17, 15) is 4.79 Å². The van der Waals surface area contributed by atoms with Crippen LogP contribution in [0, 0.1) is 0 Å². The number of benzene rings is 1. The van der Waals surface area contributed by atoms with E-state index in [4.69, 9.17) is 10.5 Å². The summed E-state index contributed by atoms with van der Waals surface area (Å²) < 4.78 is 6.50. The van der Waals surface area contributed by atoms with E-state index < -0.39 is 0 Å². The lowest BCUT2D eigenvalue weighted by atomic mass is 10.0. The molecule has 20 heavy (non-hydrogen) atoms. The Kier molecular flexibility index (Phi) is 6.49. The Bertz CT molecular complexity index is 461. The van der Waals surface area contributed by atoms with Crippen LogP contribution in [-0.4, -0.2) is 24.6 Å². The number of nitrogens with one attached hydrogen (secondary N) is 1. The van der Waals surface area contributed by atoms with Crippen molar-refractivity contribution in [3.63, 3.8) is 0 Å². The number of nitrogens with two attached hydrogens (primary N) is 1. The molecular weight excluding hydrogens is 320 g/mol. The van der Waals surface area contributed by atoms with Crippen LogP contribution in [0.25, 0.3) is 0 Å². The Balaban J connectivity index is 2.68. The van der Waals surface area contributed by atoms with E-state index in [2.05, 4.69) is 21.2 Å². The van der Waals surface area contributed by atoms with Crippen molar-refractivity contribution in [2.75, 3.05) is 13.2 Å². The van der Waals surface area contributed by atoms with Gasteiger partial charge in [-0.2, -0.15) is 0 Å². The van der Waals surface area contributed by atoms with Gasteiger partial charge in [0, 0.05) is 5.54 Å². The summed E-state index contributed by atoms with van der Waals surface area (Å²) in [6.07, 6.45) is 1.59. The van der Waals surface area contributed by atoms with Gasteiger partial charge < -0.3 is 15.8 Å². The Labute approximate surface area is 129 Å². The number of para-hydroxylation sites is 1. The van der Waals surface area contributed by atoms with Crippen LogP contribution in [0.5, 0.6) is 5.75 Å². The van der Waals surface area contributed by atoms with Crippen LogP contribution < -0.4 is 15.8 Å². The zero-order valence-corrected chi connectivity index (χ0v) is 13.9. The topological polar surface area (TPSA) is 64.3 Å². The van der Waals surface area contributed by atoms with Gasteiger partial charge in [-0.1, -0.05) is 19.1 Å². The number of carbonyl (C=O) groups is 1. The minimum atomic E-state index is -0.214. The lowest BCUT2D eigenvalue weighted by Gasteiger charge is -2.24. The maximum absolute atomic E-state index is 11.9. The smallest absolute Gasteiger partial charge is 0.258 e. The molecule has 0 bridgehead atoms. The molecule has 0 saturated carbocycles. The zero-order chi connectivity index (χ0) is 15.2. The Morgan fingerprint density at radius 1 is 1.45 bits per heavy atom. The summed E-state index contributed by atoms with van der Waals surface area (Å²) in [6.45, 7) is 6.56. The predicted octanol–water partition coefficient (Wildman–Crippen LogP) is 2.63. The molecule has 0 spiro atoms. The number of hydrogen-bond acceptors (Lipinski definition) is 3. The van der Waals surface area contributed by atoms with E-state index in [1.54, 1.807) is 0 Å². The first-order chi connectivity index (χ1) is 9.39. The van der Waals surface area contributed by atoms with Gasteiger partial charge in [0.15, 0.2) is 6.61 Å². The van der Waals surface area contributed by atoms with E-state index in [0.717, 1.165) is 22.9 Å². The molecule has 5 heteroatoms. The third kappa shape index (κ3) is 5.13. The number of ether oxygens (including phenoxy) is 1. The van der Waals surface area contributed by atoms with Gasteiger partial charge in [0.25, 0.3) is 5.91 Å². The molecule has 1 amide bonds. The largest absolute Gasteiger partial charge is 0.482 e. The zero-order valence-electron chi connectivity index (χ0n) is 12.3. The number of halogens is 1. The lowest BCUT2D eigenvalue weighted by molar-refractivity contribution is -0.124. The van der Waals surface area contributed by atoms with Gasteiger partial charge in [-0.3, -0.25) is 4.79 Å². The number of hydrogen-bond donors (Lipinski definition) is 2. The molecule has 1 aromatic carbocycles. The highest BCUT2D eigenvalue weighted by Crippen LogP contribution is 2.29. The van der Waals surface area contributed by atoms with Crippen LogP contribution in [-0.2, 0) is 11.2 Å². The average molecular weight is 343 g/mol. The van der Waals surface area contributed by atoms with Crippen LogP contribution in [0.15, 0.2) is 22.7 Å². The molecule has 112 valence electrons. The Morgan fingerprint density at radius 3 is 2.75 bits per heavy atom. The molecular formula is C15H23BrN2O2. The molecule has 0 aromatic heterocycles. The summed E-state index contributed by atoms with van der Waals surface area (Å²) in [5, 5.41) is 2.94. The summed E-state index contributed by atoms with van der Waals surface area (Å²) in [7, 11) is 0. The molecule has 0 fully saturated rings. The van der Waals surface area contributed by atoms with Crippen LogP contribution >= 0.6 is 15.9 Å². The summed E-state index contributed by atoms with van der Waals surface area (Å²) in [4.78, 5) is 11.9. The van der Waals surface area contributed by atoms with Gasteiger partial charge >= 0.3 is 0 Å². The first-order valence-corrected chi connectivity index (χ1v) is 7.60. The highest BCUT2D eigenvalue weighted by molar-refractivity contribution is 9.10. The average Bonchev–Trinajstić information content (AvgIpc) is 2.38. The molecule has 0 atom stereocenters. The first-order valence-electron chi connectivity index (χ1n) is 6.81. The maximum atomic E-state index is 11.9. The maximum Gasteiger partial charge on any atom is 0.258 e. The standard InChI is InChI=1S/C15H23BrN2O2/c1-4-15(2,3)18-13(19)10-20-14-11(8-9-17)6-5-7-12(14)16/h5-7H,4,8-10,17H2,1-3H3,(H,18,19). The van der Waals surface area contributed by atoms with Crippen molar-refractivity contribution < 1.29 is 9.53 Å². The van der Waals surface area contributed by atoms with Crippen molar-refractivity contribution in [1.29, 1.82) is 0 Å². The molecule has 0 aliphatic rings. The minimum absolute atomic E-state index is 0.00359. The summed E-state index contributed by atoms with van der Waals surface area (Å²) >= 11 is 3.44. The third-order valence-electron chi connectivity index (χ3n) is 3.17. The van der Waals surface area contributed by atoms with Gasteiger partial charge in [-0.15, -0.1) is 0 Å². The number of amides is 1. The Hall–Kier alpha value is -1.07. The van der Waals surface area contributed by atoms with Crippen molar-refractivity contribution >= 4 is 21.8 Å². The molecule has 0 saturated heterocycles. The van der Waals surface area contributed by atoms with Crippen molar-refractivity contribution in [2.24, 2.45) is 5.73 Å². The van der Waals surface area contributed by atoms with E-state index in [-0.39, 0.29) is 18.1 Å². The number of carbonyl (C=O) groups excluding carboxylic acids is 1. The van der Waals surface area contributed by atoms with Gasteiger partial charge in [0.2, 0.25) is 0 Å². The van der Waals surface area contributed by atoms with Crippen LogP contribution in [0.3, 0.4) is 0 Å². The molecule has 4 nitrogen and oxygen atoms in total. The monoisotopic (exact) mass is 342 g/mol. The van der Waals surface area contributed by atoms with Crippen LogP contribution in [0.1, 0.15) is 32.8 Å². The molecule has 0 aliphatic carbocycles. The van der Waals surface area contributed by atoms with Crippen molar-refractivity contribution in [3.8, 4) is 5.75 Å². The quantitative estimate of drug-likeness (QED) is 0.800. The van der Waals surface area contributed by atoms with Crippen molar-refractivity contribution in [1.82, 2.24) is 5.32 Å². The van der Waals surface area contributed by atoms with E-state index in [1.165, 1.54) is 0 Å². The lowest BCUT2D eigenvalue weighted by Crippen LogP contribution is -2.44. The fourth-order valence-corrected chi connectivity index (χ4v) is 2.23. The van der Waals surface area contributed by atoms with Gasteiger partial charge in [-0.05, 0) is 60.8 Å². The second kappa shape index (κ2) is 7.64. The van der Waals surface area contributed by atoms with E-state index in [0.29, 0.717) is 12.3 Å². The van der Waals surface area contributed by atoms with Crippen LogP contribution in [0.2, 0.25) is 0 Å². The molecule has 3 N–H and O–H groups in total. The number of rotatable bonds is 7. The van der Waals surface area contributed by atoms with Gasteiger partial charge in [0.1, 0.15) is 5.75 Å². The SMILES string of the molecule is CCC(C)(C)NC(=O)COc1c(Br)cccc1CCN.